The number of para-hydroxylation sites is 1. The first-order valence-corrected chi connectivity index (χ1v) is 5.62. The minimum Gasteiger partial charge on any atom is -0.476 e. The molecule has 0 aliphatic rings. The van der Waals surface area contributed by atoms with E-state index in [1.807, 2.05) is 24.3 Å². The van der Waals surface area contributed by atoms with Crippen LogP contribution in [-0.2, 0) is 0 Å². The number of nitrogens with zero attached hydrogens (tertiary/aromatic N) is 1. The van der Waals surface area contributed by atoms with E-state index in [1.54, 1.807) is 0 Å². The maximum absolute atomic E-state index is 10.7. The molecule has 0 unspecified atom stereocenters. The van der Waals surface area contributed by atoms with Crippen LogP contribution < -0.4 is 5.32 Å². The summed E-state index contributed by atoms with van der Waals surface area (Å²) in [7, 11) is 0. The van der Waals surface area contributed by atoms with E-state index in [1.165, 1.54) is 0 Å². The summed E-state index contributed by atoms with van der Waals surface area (Å²) in [5.41, 5.74) is 1.87. The number of aromatic nitrogens is 1. The van der Waals surface area contributed by atoms with Gasteiger partial charge in [-0.3, -0.25) is 0 Å². The SMILES string of the molecule is CC(C)c1ccccc1Nc1nc(C(=O)O)co1. The van der Waals surface area contributed by atoms with Gasteiger partial charge in [-0.1, -0.05) is 32.0 Å². The molecule has 0 amide bonds. The van der Waals surface area contributed by atoms with Gasteiger partial charge in [0, 0.05) is 5.69 Å². The molecule has 2 aromatic rings. The van der Waals surface area contributed by atoms with Crippen molar-refractivity contribution in [2.24, 2.45) is 0 Å². The first-order chi connectivity index (χ1) is 8.58. The van der Waals surface area contributed by atoms with Gasteiger partial charge in [0.15, 0.2) is 5.69 Å². The van der Waals surface area contributed by atoms with Crippen molar-refractivity contribution in [2.45, 2.75) is 19.8 Å². The van der Waals surface area contributed by atoms with E-state index in [4.69, 9.17) is 9.52 Å². The zero-order chi connectivity index (χ0) is 13.1. The predicted octanol–water partition coefficient (Wildman–Crippen LogP) is 3.24. The lowest BCUT2D eigenvalue weighted by atomic mass is 10.0. The molecule has 0 radical (unpaired) electrons. The molecule has 1 aromatic heterocycles. The summed E-state index contributed by atoms with van der Waals surface area (Å²) in [4.78, 5) is 14.5. The Morgan fingerprint density at radius 3 is 2.72 bits per heavy atom. The minimum atomic E-state index is -1.11. The van der Waals surface area contributed by atoms with Crippen molar-refractivity contribution in [1.29, 1.82) is 0 Å². The van der Waals surface area contributed by atoms with E-state index < -0.39 is 5.97 Å². The number of oxazole rings is 1. The van der Waals surface area contributed by atoms with Gasteiger partial charge in [0.2, 0.25) is 0 Å². The summed E-state index contributed by atoms with van der Waals surface area (Å²) in [6.07, 6.45) is 1.11. The van der Waals surface area contributed by atoms with Crippen LogP contribution in [0.2, 0.25) is 0 Å². The molecule has 0 aliphatic carbocycles. The van der Waals surface area contributed by atoms with Crippen molar-refractivity contribution in [2.75, 3.05) is 5.32 Å². The van der Waals surface area contributed by atoms with E-state index in [9.17, 15) is 4.79 Å². The van der Waals surface area contributed by atoms with Gasteiger partial charge in [0.05, 0.1) is 0 Å². The van der Waals surface area contributed by atoms with Crippen LogP contribution in [0.3, 0.4) is 0 Å². The molecule has 2 rings (SSSR count). The van der Waals surface area contributed by atoms with Gasteiger partial charge in [-0.05, 0) is 17.5 Å². The molecular formula is C13H14N2O3. The molecule has 1 heterocycles. The van der Waals surface area contributed by atoms with E-state index in [0.29, 0.717) is 5.92 Å². The Balaban J connectivity index is 2.25. The Hall–Kier alpha value is -2.30. The number of benzene rings is 1. The number of carboxylic acid groups (broad SMARTS) is 1. The molecule has 0 fully saturated rings. The highest BCUT2D eigenvalue weighted by Crippen LogP contribution is 2.26. The summed E-state index contributed by atoms with van der Waals surface area (Å²) >= 11 is 0. The van der Waals surface area contributed by atoms with Crippen molar-refractivity contribution >= 4 is 17.7 Å². The number of carboxylic acids is 1. The van der Waals surface area contributed by atoms with E-state index >= 15 is 0 Å². The molecule has 0 atom stereocenters. The molecule has 1 aromatic carbocycles. The summed E-state index contributed by atoms with van der Waals surface area (Å²) < 4.78 is 5.06. The van der Waals surface area contributed by atoms with E-state index in [2.05, 4.69) is 24.1 Å². The van der Waals surface area contributed by atoms with Crippen molar-refractivity contribution in [3.05, 3.63) is 41.8 Å². The van der Waals surface area contributed by atoms with Gasteiger partial charge >= 0.3 is 5.97 Å². The lowest BCUT2D eigenvalue weighted by molar-refractivity contribution is 0.0690. The highest BCUT2D eigenvalue weighted by atomic mass is 16.4. The average Bonchev–Trinajstić information content (AvgIpc) is 2.78. The van der Waals surface area contributed by atoms with Crippen molar-refractivity contribution in [3.8, 4) is 0 Å². The molecule has 5 nitrogen and oxygen atoms in total. The Morgan fingerprint density at radius 1 is 1.39 bits per heavy atom. The number of hydrogen-bond acceptors (Lipinski definition) is 4. The van der Waals surface area contributed by atoms with Crippen LogP contribution in [0.15, 0.2) is 34.9 Å². The Morgan fingerprint density at radius 2 is 2.11 bits per heavy atom. The average molecular weight is 246 g/mol. The van der Waals surface area contributed by atoms with Crippen molar-refractivity contribution < 1.29 is 14.3 Å². The first-order valence-electron chi connectivity index (χ1n) is 5.62. The second-order valence-electron chi connectivity index (χ2n) is 4.21. The lowest BCUT2D eigenvalue weighted by Crippen LogP contribution is -1.99. The van der Waals surface area contributed by atoms with Gasteiger partial charge in [0.1, 0.15) is 6.26 Å². The summed E-state index contributed by atoms with van der Waals surface area (Å²) in [6.45, 7) is 4.16. The molecule has 0 saturated carbocycles. The quantitative estimate of drug-likeness (QED) is 0.866. The molecule has 18 heavy (non-hydrogen) atoms. The zero-order valence-corrected chi connectivity index (χ0v) is 10.2. The third-order valence-electron chi connectivity index (χ3n) is 2.55. The summed E-state index contributed by atoms with van der Waals surface area (Å²) in [5, 5.41) is 11.7. The fraction of sp³-hybridized carbons (Fsp3) is 0.231. The van der Waals surface area contributed by atoms with E-state index in [-0.39, 0.29) is 11.7 Å². The number of hydrogen-bond donors (Lipinski definition) is 2. The Kier molecular flexibility index (Phi) is 3.32. The summed E-state index contributed by atoms with van der Waals surface area (Å²) in [6, 6.07) is 7.95. The van der Waals surface area contributed by atoms with Crippen LogP contribution in [0.5, 0.6) is 0 Å². The normalized spacial score (nSPS) is 10.6. The smallest absolute Gasteiger partial charge is 0.357 e. The molecule has 0 saturated heterocycles. The van der Waals surface area contributed by atoms with Crippen LogP contribution in [0.25, 0.3) is 0 Å². The van der Waals surface area contributed by atoms with Gasteiger partial charge in [-0.25, -0.2) is 4.79 Å². The number of nitrogens with one attached hydrogen (secondary N) is 1. The molecule has 0 aliphatic heterocycles. The predicted molar refractivity (Wildman–Crippen MR) is 67.3 cm³/mol. The fourth-order valence-electron chi connectivity index (χ4n) is 1.66. The molecular weight excluding hydrogens is 232 g/mol. The highest BCUT2D eigenvalue weighted by molar-refractivity contribution is 5.85. The van der Waals surface area contributed by atoms with Gasteiger partial charge in [0.25, 0.3) is 6.01 Å². The fourth-order valence-corrected chi connectivity index (χ4v) is 1.66. The topological polar surface area (TPSA) is 75.4 Å². The molecule has 94 valence electrons. The van der Waals surface area contributed by atoms with Crippen LogP contribution in [0, 0.1) is 0 Å². The van der Waals surface area contributed by atoms with Crippen molar-refractivity contribution in [1.82, 2.24) is 4.98 Å². The standard InChI is InChI=1S/C13H14N2O3/c1-8(2)9-5-3-4-6-10(9)14-13-15-11(7-18-13)12(16)17/h3-8H,1-2H3,(H,14,15)(H,16,17). The minimum absolute atomic E-state index is 0.112. The van der Waals surface area contributed by atoms with Crippen LogP contribution in [-0.4, -0.2) is 16.1 Å². The zero-order valence-electron chi connectivity index (χ0n) is 10.2. The van der Waals surface area contributed by atoms with Crippen LogP contribution in [0.1, 0.15) is 35.8 Å². The second-order valence-corrected chi connectivity index (χ2v) is 4.21. The number of rotatable bonds is 4. The van der Waals surface area contributed by atoms with Gasteiger partial charge in [-0.2, -0.15) is 4.98 Å². The molecule has 5 heteroatoms. The van der Waals surface area contributed by atoms with Crippen LogP contribution >= 0.6 is 0 Å². The number of carbonyl (C=O) groups is 1. The second kappa shape index (κ2) is 4.91. The molecule has 0 spiro atoms. The van der Waals surface area contributed by atoms with Gasteiger partial charge in [-0.15, -0.1) is 0 Å². The lowest BCUT2D eigenvalue weighted by Gasteiger charge is -2.11. The highest BCUT2D eigenvalue weighted by Gasteiger charge is 2.12. The van der Waals surface area contributed by atoms with E-state index in [0.717, 1.165) is 17.5 Å². The monoisotopic (exact) mass is 246 g/mol. The van der Waals surface area contributed by atoms with Gasteiger partial charge < -0.3 is 14.8 Å². The summed E-state index contributed by atoms with van der Waals surface area (Å²) in [5.74, 6) is -0.758. The Bertz CT molecular complexity index is 561. The largest absolute Gasteiger partial charge is 0.476 e. The maximum atomic E-state index is 10.7. The first kappa shape index (κ1) is 12.2. The molecule has 0 bridgehead atoms. The molecule has 2 N–H and O–H groups in total. The number of aromatic carboxylic acids is 1. The maximum Gasteiger partial charge on any atom is 0.357 e. The van der Waals surface area contributed by atoms with Crippen molar-refractivity contribution in [3.63, 3.8) is 0 Å². The third kappa shape index (κ3) is 2.51. The third-order valence-corrected chi connectivity index (χ3v) is 2.55. The Labute approximate surface area is 104 Å². The van der Waals surface area contributed by atoms with Crippen LogP contribution in [0.4, 0.5) is 11.7 Å². The number of anilines is 2.